The predicted molar refractivity (Wildman–Crippen MR) is 93.0 cm³/mol. The lowest BCUT2D eigenvalue weighted by Gasteiger charge is -2.27. The number of carbonyl (C=O) groups is 3. The first-order valence-corrected chi connectivity index (χ1v) is 7.64. The molecule has 1 heterocycles. The summed E-state index contributed by atoms with van der Waals surface area (Å²) in [6.07, 6.45) is 1.35. The van der Waals surface area contributed by atoms with Crippen molar-refractivity contribution in [3.8, 4) is 5.75 Å². The molecule has 2 aromatic rings. The quantitative estimate of drug-likeness (QED) is 0.652. The van der Waals surface area contributed by atoms with Gasteiger partial charge >= 0.3 is 6.03 Å². The summed E-state index contributed by atoms with van der Waals surface area (Å²) in [5.74, 6) is -1.45. The van der Waals surface area contributed by atoms with E-state index in [2.05, 4.69) is 5.32 Å². The maximum atomic E-state index is 12.8. The van der Waals surface area contributed by atoms with Gasteiger partial charge in [0.1, 0.15) is 11.3 Å². The van der Waals surface area contributed by atoms with E-state index in [4.69, 9.17) is 0 Å². The summed E-state index contributed by atoms with van der Waals surface area (Å²) in [5.41, 5.74) is 2.47. The molecule has 1 fully saturated rings. The van der Waals surface area contributed by atoms with Gasteiger partial charge in [-0.25, -0.2) is 9.69 Å². The van der Waals surface area contributed by atoms with E-state index in [0.717, 1.165) is 16.0 Å². The molecule has 25 heavy (non-hydrogen) atoms. The van der Waals surface area contributed by atoms with Crippen LogP contribution < -0.4 is 10.2 Å². The second kappa shape index (κ2) is 6.24. The van der Waals surface area contributed by atoms with Gasteiger partial charge in [0.05, 0.1) is 5.69 Å². The Balaban J connectivity index is 2.05. The van der Waals surface area contributed by atoms with E-state index in [1.165, 1.54) is 18.2 Å². The van der Waals surface area contributed by atoms with Gasteiger partial charge in [-0.1, -0.05) is 29.8 Å². The van der Waals surface area contributed by atoms with Crippen LogP contribution in [0.25, 0.3) is 6.08 Å². The average Bonchev–Trinajstić information content (AvgIpc) is 2.53. The Labute approximate surface area is 144 Å². The maximum absolute atomic E-state index is 12.8. The highest BCUT2D eigenvalue weighted by Crippen LogP contribution is 2.26. The van der Waals surface area contributed by atoms with E-state index >= 15 is 0 Å². The predicted octanol–water partition coefficient (Wildman–Crippen LogP) is 2.68. The molecule has 0 bridgehead atoms. The standard InChI is InChI=1S/C19H16N2O4/c1-11-6-7-16(12(2)8-11)21-18(24)15(17(23)20-19(21)25)10-13-4-3-5-14(22)9-13/h3-10,22H,1-2H3,(H,20,23,25)/b15-10-. The number of rotatable bonds is 2. The van der Waals surface area contributed by atoms with Crippen molar-refractivity contribution in [3.05, 3.63) is 64.7 Å². The molecule has 0 spiro atoms. The van der Waals surface area contributed by atoms with Gasteiger partial charge in [-0.05, 0) is 49.2 Å². The van der Waals surface area contributed by atoms with Crippen molar-refractivity contribution in [2.24, 2.45) is 0 Å². The Morgan fingerprint density at radius 1 is 1.04 bits per heavy atom. The number of hydrogen-bond acceptors (Lipinski definition) is 4. The van der Waals surface area contributed by atoms with E-state index in [-0.39, 0.29) is 11.3 Å². The number of amides is 4. The number of nitrogens with one attached hydrogen (secondary N) is 1. The smallest absolute Gasteiger partial charge is 0.335 e. The molecular weight excluding hydrogens is 320 g/mol. The number of carbonyl (C=O) groups excluding carboxylic acids is 3. The molecule has 6 nitrogen and oxygen atoms in total. The van der Waals surface area contributed by atoms with Gasteiger partial charge in [0.2, 0.25) is 0 Å². The van der Waals surface area contributed by atoms with Gasteiger partial charge in [-0.3, -0.25) is 14.9 Å². The third-order valence-electron chi connectivity index (χ3n) is 3.88. The van der Waals surface area contributed by atoms with Crippen LogP contribution in [0.3, 0.4) is 0 Å². The van der Waals surface area contributed by atoms with Gasteiger partial charge < -0.3 is 5.11 Å². The number of phenolic OH excluding ortho intramolecular Hbond substituents is 1. The molecule has 126 valence electrons. The number of imide groups is 2. The van der Waals surface area contributed by atoms with E-state index in [0.29, 0.717) is 11.3 Å². The number of urea groups is 1. The van der Waals surface area contributed by atoms with Crippen LogP contribution in [0.5, 0.6) is 5.75 Å². The molecule has 0 unspecified atom stereocenters. The first-order chi connectivity index (χ1) is 11.9. The average molecular weight is 336 g/mol. The molecule has 1 saturated heterocycles. The van der Waals surface area contributed by atoms with Gasteiger partial charge in [-0.2, -0.15) is 0 Å². The summed E-state index contributed by atoms with van der Waals surface area (Å²) in [6.45, 7) is 3.70. The van der Waals surface area contributed by atoms with Crippen molar-refractivity contribution < 1.29 is 19.5 Å². The number of aromatic hydroxyl groups is 1. The highest BCUT2D eigenvalue weighted by molar-refractivity contribution is 6.39. The number of anilines is 1. The fourth-order valence-corrected chi connectivity index (χ4v) is 2.71. The third kappa shape index (κ3) is 3.14. The third-order valence-corrected chi connectivity index (χ3v) is 3.88. The zero-order valence-electron chi connectivity index (χ0n) is 13.7. The fourth-order valence-electron chi connectivity index (χ4n) is 2.71. The van der Waals surface area contributed by atoms with Crippen molar-refractivity contribution in [1.29, 1.82) is 0 Å². The Kier molecular flexibility index (Phi) is 4.10. The first kappa shape index (κ1) is 16.4. The minimum Gasteiger partial charge on any atom is -0.508 e. The summed E-state index contributed by atoms with van der Waals surface area (Å²) >= 11 is 0. The minimum absolute atomic E-state index is 0.0142. The van der Waals surface area contributed by atoms with Crippen LogP contribution in [0.1, 0.15) is 16.7 Å². The molecule has 6 heteroatoms. The van der Waals surface area contributed by atoms with Crippen LogP contribution >= 0.6 is 0 Å². The normalized spacial score (nSPS) is 16.3. The molecule has 0 aromatic heterocycles. The summed E-state index contributed by atoms with van der Waals surface area (Å²) in [6, 6.07) is 10.7. The molecule has 1 aliphatic heterocycles. The number of aryl methyl sites for hydroxylation is 2. The van der Waals surface area contributed by atoms with E-state index in [1.54, 1.807) is 31.2 Å². The summed E-state index contributed by atoms with van der Waals surface area (Å²) in [5, 5.41) is 11.7. The summed E-state index contributed by atoms with van der Waals surface area (Å²) in [4.78, 5) is 38.1. The zero-order valence-corrected chi connectivity index (χ0v) is 13.7. The van der Waals surface area contributed by atoms with Crippen LogP contribution in [0.4, 0.5) is 10.5 Å². The molecule has 0 radical (unpaired) electrons. The van der Waals surface area contributed by atoms with Crippen molar-refractivity contribution in [2.75, 3.05) is 4.90 Å². The van der Waals surface area contributed by atoms with Gasteiger partial charge in [0, 0.05) is 0 Å². The van der Waals surface area contributed by atoms with Crippen LogP contribution in [-0.4, -0.2) is 23.0 Å². The van der Waals surface area contributed by atoms with Crippen molar-refractivity contribution in [2.45, 2.75) is 13.8 Å². The van der Waals surface area contributed by atoms with Crippen LogP contribution in [0.2, 0.25) is 0 Å². The second-order valence-electron chi connectivity index (χ2n) is 5.84. The number of benzene rings is 2. The molecule has 0 saturated carbocycles. The Hall–Kier alpha value is -3.41. The minimum atomic E-state index is -0.782. The number of phenols is 1. The number of barbiturate groups is 1. The largest absolute Gasteiger partial charge is 0.508 e. The highest BCUT2D eigenvalue weighted by Gasteiger charge is 2.37. The zero-order chi connectivity index (χ0) is 18.1. The summed E-state index contributed by atoms with van der Waals surface area (Å²) < 4.78 is 0. The second-order valence-corrected chi connectivity index (χ2v) is 5.84. The van der Waals surface area contributed by atoms with E-state index in [1.807, 2.05) is 13.0 Å². The molecule has 0 aliphatic carbocycles. The van der Waals surface area contributed by atoms with Gasteiger partial charge in [0.15, 0.2) is 0 Å². The molecule has 3 rings (SSSR count). The number of hydrogen-bond donors (Lipinski definition) is 2. The summed E-state index contributed by atoms with van der Waals surface area (Å²) in [7, 11) is 0. The fraction of sp³-hybridized carbons (Fsp3) is 0.105. The van der Waals surface area contributed by atoms with Crippen molar-refractivity contribution >= 4 is 29.6 Å². The van der Waals surface area contributed by atoms with Crippen LogP contribution in [0.15, 0.2) is 48.0 Å². The van der Waals surface area contributed by atoms with Gasteiger partial charge in [-0.15, -0.1) is 0 Å². The van der Waals surface area contributed by atoms with Crippen molar-refractivity contribution in [3.63, 3.8) is 0 Å². The molecule has 4 amide bonds. The van der Waals surface area contributed by atoms with E-state index < -0.39 is 17.8 Å². The van der Waals surface area contributed by atoms with Gasteiger partial charge in [0.25, 0.3) is 11.8 Å². The first-order valence-electron chi connectivity index (χ1n) is 7.64. The Morgan fingerprint density at radius 3 is 2.48 bits per heavy atom. The van der Waals surface area contributed by atoms with Crippen LogP contribution in [0, 0.1) is 13.8 Å². The lowest BCUT2D eigenvalue weighted by Crippen LogP contribution is -2.54. The van der Waals surface area contributed by atoms with Crippen LogP contribution in [-0.2, 0) is 9.59 Å². The lowest BCUT2D eigenvalue weighted by molar-refractivity contribution is -0.122. The Bertz CT molecular complexity index is 931. The highest BCUT2D eigenvalue weighted by atomic mass is 16.3. The van der Waals surface area contributed by atoms with Crippen molar-refractivity contribution in [1.82, 2.24) is 5.32 Å². The number of nitrogens with zero attached hydrogens (tertiary/aromatic N) is 1. The topological polar surface area (TPSA) is 86.7 Å². The lowest BCUT2D eigenvalue weighted by atomic mass is 10.0. The molecule has 2 aromatic carbocycles. The monoisotopic (exact) mass is 336 g/mol. The molecule has 2 N–H and O–H groups in total. The SMILES string of the molecule is Cc1ccc(N2C(=O)NC(=O)/C(=C/c3cccc(O)c3)C2=O)c(C)c1. The Morgan fingerprint density at radius 2 is 1.80 bits per heavy atom. The van der Waals surface area contributed by atoms with E-state index in [9.17, 15) is 19.5 Å². The maximum Gasteiger partial charge on any atom is 0.335 e. The molecular formula is C19H16N2O4. The molecule has 1 aliphatic rings. The molecule has 0 atom stereocenters.